The molecule has 0 aromatic heterocycles. The first-order valence-electron chi connectivity index (χ1n) is 3.07. The van der Waals surface area contributed by atoms with Crippen LogP contribution in [0, 0.1) is 0 Å². The zero-order chi connectivity index (χ0) is 8.15. The Labute approximate surface area is 59.1 Å². The molecule has 0 amide bonds. The molecule has 0 saturated heterocycles. The lowest BCUT2D eigenvalue weighted by molar-refractivity contribution is -0.117. The molecule has 0 heterocycles. The monoisotopic (exact) mass is 148 g/mol. The Morgan fingerprint density at radius 1 is 1.40 bits per heavy atom. The molecular formula is C6H12O4. The molecular weight excluding hydrogens is 136 g/mol. The van der Waals surface area contributed by atoms with Crippen molar-refractivity contribution < 1.29 is 20.1 Å². The Morgan fingerprint density at radius 3 is 2.20 bits per heavy atom. The SMILES string of the molecule is C[C@@H](O)[C@@H](O)C[C@H](O)C=O. The topological polar surface area (TPSA) is 77.8 Å². The van der Waals surface area contributed by atoms with E-state index in [-0.39, 0.29) is 6.42 Å². The molecule has 0 aliphatic heterocycles. The summed E-state index contributed by atoms with van der Waals surface area (Å²) in [7, 11) is 0. The molecule has 60 valence electrons. The van der Waals surface area contributed by atoms with Gasteiger partial charge in [-0.3, -0.25) is 0 Å². The van der Waals surface area contributed by atoms with Gasteiger partial charge in [0.1, 0.15) is 12.4 Å². The van der Waals surface area contributed by atoms with Gasteiger partial charge in [0.15, 0.2) is 0 Å². The van der Waals surface area contributed by atoms with Crippen molar-refractivity contribution in [3.8, 4) is 0 Å². The van der Waals surface area contributed by atoms with Crippen molar-refractivity contribution in [3.05, 3.63) is 0 Å². The van der Waals surface area contributed by atoms with Gasteiger partial charge in [0.05, 0.1) is 12.2 Å². The lowest BCUT2D eigenvalue weighted by atomic mass is 10.1. The Bertz CT molecular complexity index is 102. The molecule has 3 atom stereocenters. The molecule has 0 radical (unpaired) electrons. The van der Waals surface area contributed by atoms with Gasteiger partial charge < -0.3 is 20.1 Å². The lowest BCUT2D eigenvalue weighted by Crippen LogP contribution is -2.28. The van der Waals surface area contributed by atoms with E-state index in [0.29, 0.717) is 6.29 Å². The quantitative estimate of drug-likeness (QED) is 0.432. The van der Waals surface area contributed by atoms with E-state index in [1.807, 2.05) is 0 Å². The Morgan fingerprint density at radius 2 is 1.90 bits per heavy atom. The van der Waals surface area contributed by atoms with Crippen LogP contribution in [-0.4, -0.2) is 39.9 Å². The molecule has 0 saturated carbocycles. The van der Waals surface area contributed by atoms with E-state index in [1.54, 1.807) is 0 Å². The summed E-state index contributed by atoms with van der Waals surface area (Å²) in [5.74, 6) is 0. The van der Waals surface area contributed by atoms with Crippen molar-refractivity contribution >= 4 is 6.29 Å². The molecule has 0 fully saturated rings. The molecule has 0 aromatic carbocycles. The number of carbonyl (C=O) groups excluding carboxylic acids is 1. The second-order valence-electron chi connectivity index (χ2n) is 2.25. The number of aliphatic hydroxyl groups excluding tert-OH is 3. The van der Waals surface area contributed by atoms with E-state index in [9.17, 15) is 4.79 Å². The summed E-state index contributed by atoms with van der Waals surface area (Å²) in [6.07, 6.45) is -2.90. The van der Waals surface area contributed by atoms with Gasteiger partial charge in [-0.15, -0.1) is 0 Å². The zero-order valence-corrected chi connectivity index (χ0v) is 5.77. The van der Waals surface area contributed by atoms with E-state index in [0.717, 1.165) is 0 Å². The van der Waals surface area contributed by atoms with Crippen LogP contribution in [-0.2, 0) is 4.79 Å². The summed E-state index contributed by atoms with van der Waals surface area (Å²) >= 11 is 0. The number of hydrogen-bond donors (Lipinski definition) is 3. The average molecular weight is 148 g/mol. The van der Waals surface area contributed by atoms with Crippen LogP contribution in [0.2, 0.25) is 0 Å². The number of rotatable bonds is 4. The number of carbonyl (C=O) groups is 1. The molecule has 0 aliphatic rings. The molecule has 0 rings (SSSR count). The summed E-state index contributed by atoms with van der Waals surface area (Å²) in [4.78, 5) is 9.82. The highest BCUT2D eigenvalue weighted by Gasteiger charge is 2.14. The molecule has 4 heteroatoms. The third kappa shape index (κ3) is 3.55. The summed E-state index contributed by atoms with van der Waals surface area (Å²) < 4.78 is 0. The third-order valence-electron chi connectivity index (χ3n) is 1.20. The van der Waals surface area contributed by atoms with Crippen molar-refractivity contribution in [2.45, 2.75) is 31.7 Å². The van der Waals surface area contributed by atoms with Gasteiger partial charge in [0, 0.05) is 6.42 Å². The van der Waals surface area contributed by atoms with Crippen molar-refractivity contribution in [2.24, 2.45) is 0 Å². The predicted octanol–water partition coefficient (Wildman–Crippen LogP) is -1.32. The van der Waals surface area contributed by atoms with Crippen LogP contribution in [0.25, 0.3) is 0 Å². The fourth-order valence-corrected chi connectivity index (χ4v) is 0.500. The van der Waals surface area contributed by atoms with Gasteiger partial charge in [-0.1, -0.05) is 0 Å². The van der Waals surface area contributed by atoms with Crippen LogP contribution in [0.4, 0.5) is 0 Å². The fraction of sp³-hybridized carbons (Fsp3) is 0.833. The maximum Gasteiger partial charge on any atom is 0.148 e. The van der Waals surface area contributed by atoms with E-state index in [2.05, 4.69) is 0 Å². The fourth-order valence-electron chi connectivity index (χ4n) is 0.500. The molecule has 10 heavy (non-hydrogen) atoms. The molecule has 4 nitrogen and oxygen atoms in total. The van der Waals surface area contributed by atoms with Gasteiger partial charge in [-0.2, -0.15) is 0 Å². The second-order valence-corrected chi connectivity index (χ2v) is 2.25. The normalized spacial score (nSPS) is 19.6. The Balaban J connectivity index is 3.56. The van der Waals surface area contributed by atoms with E-state index in [4.69, 9.17) is 15.3 Å². The molecule has 0 unspecified atom stereocenters. The third-order valence-corrected chi connectivity index (χ3v) is 1.20. The van der Waals surface area contributed by atoms with Gasteiger partial charge in [-0.25, -0.2) is 0 Å². The minimum atomic E-state index is -1.18. The summed E-state index contributed by atoms with van der Waals surface area (Å²) in [5.41, 5.74) is 0. The van der Waals surface area contributed by atoms with Crippen LogP contribution in [0.5, 0.6) is 0 Å². The van der Waals surface area contributed by atoms with Gasteiger partial charge in [0.25, 0.3) is 0 Å². The van der Waals surface area contributed by atoms with Crippen molar-refractivity contribution in [1.29, 1.82) is 0 Å². The number of aliphatic hydroxyl groups is 3. The maximum atomic E-state index is 9.82. The minimum Gasteiger partial charge on any atom is -0.391 e. The summed E-state index contributed by atoms with van der Waals surface area (Å²) in [6, 6.07) is 0. The Kier molecular flexibility index (Phi) is 4.18. The van der Waals surface area contributed by atoms with E-state index in [1.165, 1.54) is 6.92 Å². The minimum absolute atomic E-state index is 0.110. The molecule has 0 aromatic rings. The lowest BCUT2D eigenvalue weighted by Gasteiger charge is -2.13. The highest BCUT2D eigenvalue weighted by Crippen LogP contribution is 2.00. The first-order valence-corrected chi connectivity index (χ1v) is 3.07. The van der Waals surface area contributed by atoms with Gasteiger partial charge in [0.2, 0.25) is 0 Å². The highest BCUT2D eigenvalue weighted by molar-refractivity contribution is 5.55. The van der Waals surface area contributed by atoms with Crippen LogP contribution >= 0.6 is 0 Å². The van der Waals surface area contributed by atoms with Crippen molar-refractivity contribution in [3.63, 3.8) is 0 Å². The second kappa shape index (κ2) is 4.38. The molecule has 0 bridgehead atoms. The van der Waals surface area contributed by atoms with Crippen LogP contribution < -0.4 is 0 Å². The summed E-state index contributed by atoms with van der Waals surface area (Å²) in [6.45, 7) is 1.39. The van der Waals surface area contributed by atoms with Gasteiger partial charge in [-0.05, 0) is 6.92 Å². The van der Waals surface area contributed by atoms with Gasteiger partial charge >= 0.3 is 0 Å². The molecule has 0 spiro atoms. The number of aldehydes is 1. The van der Waals surface area contributed by atoms with Crippen molar-refractivity contribution in [2.75, 3.05) is 0 Å². The smallest absolute Gasteiger partial charge is 0.148 e. The largest absolute Gasteiger partial charge is 0.391 e. The van der Waals surface area contributed by atoms with Crippen LogP contribution in [0.3, 0.4) is 0 Å². The van der Waals surface area contributed by atoms with Crippen LogP contribution in [0.15, 0.2) is 0 Å². The zero-order valence-electron chi connectivity index (χ0n) is 5.77. The maximum absolute atomic E-state index is 9.82. The average Bonchev–Trinajstić information content (AvgIpc) is 1.87. The Hall–Kier alpha value is -0.450. The van der Waals surface area contributed by atoms with E-state index < -0.39 is 18.3 Å². The molecule has 3 N–H and O–H groups in total. The highest BCUT2D eigenvalue weighted by atomic mass is 16.3. The summed E-state index contributed by atoms with van der Waals surface area (Å²) in [5, 5.41) is 26.2. The van der Waals surface area contributed by atoms with E-state index >= 15 is 0 Å². The first-order chi connectivity index (χ1) is 4.57. The first kappa shape index (κ1) is 9.55. The molecule has 0 aliphatic carbocycles. The standard InChI is InChI=1S/C6H12O4/c1-4(8)6(10)2-5(9)3-7/h3-6,8-10H,2H2,1H3/t4-,5+,6+/m1/s1. The van der Waals surface area contributed by atoms with Crippen molar-refractivity contribution in [1.82, 2.24) is 0 Å². The predicted molar refractivity (Wildman–Crippen MR) is 34.4 cm³/mol. The van der Waals surface area contributed by atoms with Crippen LogP contribution in [0.1, 0.15) is 13.3 Å². The number of hydrogen-bond acceptors (Lipinski definition) is 4.